The second-order valence-corrected chi connectivity index (χ2v) is 3.26. The highest BCUT2D eigenvalue weighted by Gasteiger charge is 2.34. The molecule has 2 aliphatic rings. The van der Waals surface area contributed by atoms with Crippen LogP contribution in [0.1, 0.15) is 11.7 Å². The first-order valence-electron chi connectivity index (χ1n) is 4.15. The SMILES string of the molecule is c1nnn2c1CN[C@@H]1COC[C@H]12. The topological polar surface area (TPSA) is 52.0 Å². The van der Waals surface area contributed by atoms with Gasteiger partial charge in [0.1, 0.15) is 0 Å². The van der Waals surface area contributed by atoms with Crippen LogP contribution in [0.3, 0.4) is 0 Å². The molecule has 2 aliphatic heterocycles. The van der Waals surface area contributed by atoms with Gasteiger partial charge in [-0.05, 0) is 0 Å². The summed E-state index contributed by atoms with van der Waals surface area (Å²) in [6.45, 7) is 2.41. The van der Waals surface area contributed by atoms with E-state index in [0.29, 0.717) is 12.1 Å². The fourth-order valence-corrected chi connectivity index (χ4v) is 1.89. The number of aromatic nitrogens is 3. The van der Waals surface area contributed by atoms with Crippen LogP contribution in [0, 0.1) is 0 Å². The van der Waals surface area contributed by atoms with E-state index in [1.54, 1.807) is 0 Å². The maximum atomic E-state index is 5.37. The largest absolute Gasteiger partial charge is 0.377 e. The molecule has 0 bridgehead atoms. The van der Waals surface area contributed by atoms with Crippen molar-refractivity contribution in [2.24, 2.45) is 0 Å². The monoisotopic (exact) mass is 166 g/mol. The molecule has 5 nitrogen and oxygen atoms in total. The van der Waals surface area contributed by atoms with E-state index >= 15 is 0 Å². The maximum absolute atomic E-state index is 5.37. The number of ether oxygens (including phenoxy) is 1. The lowest BCUT2D eigenvalue weighted by Crippen LogP contribution is -2.42. The van der Waals surface area contributed by atoms with Gasteiger partial charge in [-0.15, -0.1) is 5.10 Å². The maximum Gasteiger partial charge on any atom is 0.0949 e. The lowest BCUT2D eigenvalue weighted by Gasteiger charge is -2.25. The molecule has 5 heteroatoms. The van der Waals surface area contributed by atoms with Crippen molar-refractivity contribution >= 4 is 0 Å². The van der Waals surface area contributed by atoms with Crippen molar-refractivity contribution in [2.75, 3.05) is 13.2 Å². The van der Waals surface area contributed by atoms with Crippen LogP contribution in [0.2, 0.25) is 0 Å². The van der Waals surface area contributed by atoms with Gasteiger partial charge in [0.15, 0.2) is 0 Å². The Bertz CT molecular complexity index is 297. The molecular formula is C7H10N4O. The van der Waals surface area contributed by atoms with Crippen LogP contribution in [0.4, 0.5) is 0 Å². The summed E-state index contributed by atoms with van der Waals surface area (Å²) < 4.78 is 7.35. The Labute approximate surface area is 69.7 Å². The number of nitrogens with one attached hydrogen (secondary N) is 1. The third-order valence-electron chi connectivity index (χ3n) is 2.56. The molecule has 0 saturated carbocycles. The highest BCUT2D eigenvalue weighted by atomic mass is 16.5. The molecule has 0 aromatic carbocycles. The zero-order chi connectivity index (χ0) is 7.97. The first-order valence-corrected chi connectivity index (χ1v) is 4.15. The molecule has 0 aliphatic carbocycles. The number of nitrogens with zero attached hydrogens (tertiary/aromatic N) is 3. The van der Waals surface area contributed by atoms with Crippen LogP contribution >= 0.6 is 0 Å². The van der Waals surface area contributed by atoms with E-state index in [9.17, 15) is 0 Å². The van der Waals surface area contributed by atoms with Crippen LogP contribution in [-0.4, -0.2) is 34.2 Å². The Hall–Kier alpha value is -0.940. The highest BCUT2D eigenvalue weighted by molar-refractivity contribution is 5.03. The molecule has 1 saturated heterocycles. The van der Waals surface area contributed by atoms with E-state index in [0.717, 1.165) is 25.5 Å². The Balaban J connectivity index is 2.04. The molecule has 3 heterocycles. The second kappa shape index (κ2) is 2.27. The first kappa shape index (κ1) is 6.56. The minimum Gasteiger partial charge on any atom is -0.377 e. The summed E-state index contributed by atoms with van der Waals surface area (Å²) in [6, 6.07) is 0.787. The average molecular weight is 166 g/mol. The smallest absolute Gasteiger partial charge is 0.0949 e. The molecule has 0 amide bonds. The van der Waals surface area contributed by atoms with Gasteiger partial charge in [0, 0.05) is 6.54 Å². The summed E-state index contributed by atoms with van der Waals surface area (Å²) in [5, 5.41) is 11.3. The lowest BCUT2D eigenvalue weighted by molar-refractivity contribution is 0.182. The van der Waals surface area contributed by atoms with Gasteiger partial charge in [0.05, 0.1) is 37.2 Å². The Morgan fingerprint density at radius 3 is 3.58 bits per heavy atom. The van der Waals surface area contributed by atoms with E-state index < -0.39 is 0 Å². The molecule has 12 heavy (non-hydrogen) atoms. The average Bonchev–Trinajstić information content (AvgIpc) is 2.71. The van der Waals surface area contributed by atoms with Gasteiger partial charge in [-0.2, -0.15) is 0 Å². The van der Waals surface area contributed by atoms with Crippen LogP contribution in [-0.2, 0) is 11.3 Å². The van der Waals surface area contributed by atoms with Crippen LogP contribution in [0.25, 0.3) is 0 Å². The molecule has 0 radical (unpaired) electrons. The molecule has 2 atom stereocenters. The summed E-state index contributed by atoms with van der Waals surface area (Å²) in [7, 11) is 0. The van der Waals surface area contributed by atoms with Gasteiger partial charge >= 0.3 is 0 Å². The summed E-state index contributed by atoms with van der Waals surface area (Å²) in [4.78, 5) is 0. The van der Waals surface area contributed by atoms with Gasteiger partial charge in [-0.3, -0.25) is 0 Å². The molecule has 3 rings (SSSR count). The van der Waals surface area contributed by atoms with Crippen molar-refractivity contribution in [3.8, 4) is 0 Å². The Kier molecular flexibility index (Phi) is 1.24. The van der Waals surface area contributed by atoms with Crippen LogP contribution < -0.4 is 5.32 Å². The minimum absolute atomic E-state index is 0.358. The zero-order valence-corrected chi connectivity index (χ0v) is 6.60. The molecule has 1 N–H and O–H groups in total. The van der Waals surface area contributed by atoms with Gasteiger partial charge in [0.25, 0.3) is 0 Å². The minimum atomic E-state index is 0.358. The number of fused-ring (bicyclic) bond motifs is 3. The Morgan fingerprint density at radius 2 is 2.58 bits per heavy atom. The first-order chi connectivity index (χ1) is 5.95. The van der Waals surface area contributed by atoms with Crippen LogP contribution in [0.15, 0.2) is 6.20 Å². The van der Waals surface area contributed by atoms with E-state index in [1.165, 1.54) is 0 Å². The van der Waals surface area contributed by atoms with Crippen molar-refractivity contribution in [2.45, 2.75) is 18.6 Å². The fourth-order valence-electron chi connectivity index (χ4n) is 1.89. The number of rotatable bonds is 0. The zero-order valence-electron chi connectivity index (χ0n) is 6.60. The summed E-state index contributed by atoms with van der Waals surface area (Å²) in [6.07, 6.45) is 1.81. The quantitative estimate of drug-likeness (QED) is 0.555. The molecule has 1 aromatic rings. The molecular weight excluding hydrogens is 156 g/mol. The normalized spacial score (nSPS) is 33.0. The molecule has 0 spiro atoms. The van der Waals surface area contributed by atoms with Gasteiger partial charge < -0.3 is 10.1 Å². The standard InChI is InChI=1S/C7H10N4O/c1-5-2-9-10-11(5)7-4-12-3-6(7)8-1/h2,6-8H,1,3-4H2/t6-,7-/m1/s1. The highest BCUT2D eigenvalue weighted by Crippen LogP contribution is 2.23. The predicted molar refractivity (Wildman–Crippen MR) is 40.5 cm³/mol. The summed E-state index contributed by atoms with van der Waals surface area (Å²) in [5.74, 6) is 0. The van der Waals surface area contributed by atoms with Crippen molar-refractivity contribution in [1.82, 2.24) is 20.3 Å². The lowest BCUT2D eigenvalue weighted by atomic mass is 10.1. The van der Waals surface area contributed by atoms with Crippen molar-refractivity contribution in [1.29, 1.82) is 0 Å². The number of hydrogen-bond acceptors (Lipinski definition) is 4. The van der Waals surface area contributed by atoms with Crippen LogP contribution in [0.5, 0.6) is 0 Å². The third-order valence-corrected chi connectivity index (χ3v) is 2.56. The molecule has 1 fully saturated rings. The second-order valence-electron chi connectivity index (χ2n) is 3.26. The van der Waals surface area contributed by atoms with Crippen molar-refractivity contribution in [3.63, 3.8) is 0 Å². The summed E-state index contributed by atoms with van der Waals surface area (Å²) in [5.41, 5.74) is 1.15. The molecule has 64 valence electrons. The van der Waals surface area contributed by atoms with Gasteiger partial charge in [0.2, 0.25) is 0 Å². The van der Waals surface area contributed by atoms with Crippen molar-refractivity contribution < 1.29 is 4.74 Å². The third kappa shape index (κ3) is 0.748. The molecule has 0 unspecified atom stereocenters. The molecule has 1 aromatic heterocycles. The van der Waals surface area contributed by atoms with Gasteiger partial charge in [-0.1, -0.05) is 5.21 Å². The van der Waals surface area contributed by atoms with E-state index in [1.807, 2.05) is 10.9 Å². The van der Waals surface area contributed by atoms with E-state index in [2.05, 4.69) is 15.6 Å². The number of hydrogen-bond donors (Lipinski definition) is 1. The van der Waals surface area contributed by atoms with Crippen molar-refractivity contribution in [3.05, 3.63) is 11.9 Å². The van der Waals surface area contributed by atoms with E-state index in [4.69, 9.17) is 4.74 Å². The summed E-state index contributed by atoms with van der Waals surface area (Å²) >= 11 is 0. The predicted octanol–water partition coefficient (Wildman–Crippen LogP) is -0.679. The van der Waals surface area contributed by atoms with Gasteiger partial charge in [-0.25, -0.2) is 4.68 Å². The fraction of sp³-hybridized carbons (Fsp3) is 0.714. The Morgan fingerprint density at radius 1 is 1.58 bits per heavy atom. The van der Waals surface area contributed by atoms with E-state index in [-0.39, 0.29) is 0 Å².